The quantitative estimate of drug-likeness (QED) is 0.350. The first-order chi connectivity index (χ1) is 15.4. The van der Waals surface area contributed by atoms with Gasteiger partial charge in [0, 0.05) is 0 Å². The van der Waals surface area contributed by atoms with Crippen LogP contribution in [0, 0.1) is 6.92 Å². The number of aryl methyl sites for hydroxylation is 1. The maximum Gasteiger partial charge on any atom is 0.293 e. The largest absolute Gasteiger partial charge is 0.489 e. The molecule has 32 heavy (non-hydrogen) atoms. The van der Waals surface area contributed by atoms with Gasteiger partial charge in [0.25, 0.3) is 11.1 Å². The highest BCUT2D eigenvalue weighted by molar-refractivity contribution is 8.18. The van der Waals surface area contributed by atoms with Crippen LogP contribution >= 0.6 is 35.0 Å². The van der Waals surface area contributed by atoms with Crippen molar-refractivity contribution in [2.75, 3.05) is 0 Å². The average molecular weight is 484 g/mol. The molecule has 1 aliphatic heterocycles. The number of imide groups is 1. The Hall–Kier alpha value is -2.73. The van der Waals surface area contributed by atoms with Crippen LogP contribution in [0.5, 0.6) is 5.75 Å². The number of hydrogen-bond donors (Lipinski definition) is 0. The minimum Gasteiger partial charge on any atom is -0.489 e. The Kier molecular flexibility index (Phi) is 6.89. The number of carbonyl (C=O) groups excluding carboxylic acids is 2. The molecule has 3 aromatic rings. The number of amides is 2. The zero-order chi connectivity index (χ0) is 22.7. The maximum atomic E-state index is 12.7. The van der Waals surface area contributed by atoms with E-state index in [1.54, 1.807) is 18.2 Å². The summed E-state index contributed by atoms with van der Waals surface area (Å²) in [6.07, 6.45) is 1.72. The third kappa shape index (κ3) is 5.36. The summed E-state index contributed by atoms with van der Waals surface area (Å²) in [5.41, 5.74) is 3.77. The second-order valence-corrected chi connectivity index (χ2v) is 9.17. The Morgan fingerprint density at radius 1 is 0.906 bits per heavy atom. The Morgan fingerprint density at radius 2 is 1.59 bits per heavy atom. The molecule has 0 unspecified atom stereocenters. The Balaban J connectivity index is 1.40. The van der Waals surface area contributed by atoms with Gasteiger partial charge in [-0.25, -0.2) is 0 Å². The predicted octanol–water partition coefficient (Wildman–Crippen LogP) is 7.12. The minimum absolute atomic E-state index is 0.261. The van der Waals surface area contributed by atoms with Gasteiger partial charge in [-0.1, -0.05) is 71.2 Å². The lowest BCUT2D eigenvalue weighted by molar-refractivity contribution is -0.123. The molecule has 162 valence electrons. The van der Waals surface area contributed by atoms with Crippen LogP contribution < -0.4 is 4.74 Å². The molecule has 1 heterocycles. The highest BCUT2D eigenvalue weighted by Crippen LogP contribution is 2.33. The summed E-state index contributed by atoms with van der Waals surface area (Å²) in [5.74, 6) is 0.404. The van der Waals surface area contributed by atoms with Gasteiger partial charge in [-0.3, -0.25) is 14.5 Å². The van der Waals surface area contributed by atoms with Crippen LogP contribution in [0.25, 0.3) is 6.08 Å². The first kappa shape index (κ1) is 22.5. The molecule has 0 aromatic heterocycles. The molecule has 7 heteroatoms. The molecule has 0 atom stereocenters. The number of thioether (sulfide) groups is 1. The topological polar surface area (TPSA) is 46.6 Å². The predicted molar refractivity (Wildman–Crippen MR) is 130 cm³/mol. The molecule has 0 N–H and O–H groups in total. The molecule has 0 spiro atoms. The smallest absolute Gasteiger partial charge is 0.293 e. The number of nitrogens with zero attached hydrogens (tertiary/aromatic N) is 1. The summed E-state index contributed by atoms with van der Waals surface area (Å²) in [6, 6.07) is 20.5. The third-order valence-corrected chi connectivity index (χ3v) is 6.55. The van der Waals surface area contributed by atoms with Crippen molar-refractivity contribution in [3.63, 3.8) is 0 Å². The van der Waals surface area contributed by atoms with Crippen molar-refractivity contribution in [2.45, 2.75) is 20.1 Å². The van der Waals surface area contributed by atoms with E-state index in [1.807, 2.05) is 61.5 Å². The molecular weight excluding hydrogens is 465 g/mol. The lowest BCUT2D eigenvalue weighted by atomic mass is 10.1. The molecule has 0 saturated carbocycles. The second kappa shape index (κ2) is 9.82. The maximum absolute atomic E-state index is 12.7. The number of ether oxygens (including phenoxy) is 1. The molecule has 0 aliphatic carbocycles. The van der Waals surface area contributed by atoms with Crippen LogP contribution in [0.3, 0.4) is 0 Å². The molecule has 1 fully saturated rings. The minimum atomic E-state index is -0.277. The lowest BCUT2D eigenvalue weighted by Gasteiger charge is -2.12. The van der Waals surface area contributed by atoms with Crippen LogP contribution in [0.1, 0.15) is 22.3 Å². The first-order valence-corrected chi connectivity index (χ1v) is 11.4. The van der Waals surface area contributed by atoms with E-state index in [9.17, 15) is 9.59 Å². The normalized spacial score (nSPS) is 15.0. The Bertz CT molecular complexity index is 1190. The van der Waals surface area contributed by atoms with E-state index in [1.165, 1.54) is 4.90 Å². The third-order valence-electron chi connectivity index (χ3n) is 4.90. The van der Waals surface area contributed by atoms with Gasteiger partial charge in [-0.2, -0.15) is 0 Å². The summed E-state index contributed by atoms with van der Waals surface area (Å²) in [5, 5.41) is 0.728. The van der Waals surface area contributed by atoms with E-state index in [0.717, 1.165) is 34.0 Å². The summed E-state index contributed by atoms with van der Waals surface area (Å²) >= 11 is 12.9. The highest BCUT2D eigenvalue weighted by Gasteiger charge is 2.34. The van der Waals surface area contributed by atoms with E-state index in [4.69, 9.17) is 27.9 Å². The number of rotatable bonds is 6. The first-order valence-electron chi connectivity index (χ1n) is 9.87. The van der Waals surface area contributed by atoms with Crippen LogP contribution in [0.2, 0.25) is 10.0 Å². The fourth-order valence-corrected chi connectivity index (χ4v) is 4.28. The van der Waals surface area contributed by atoms with Crippen LogP contribution in [0.15, 0.2) is 71.6 Å². The molecule has 3 aromatic carbocycles. The number of benzene rings is 3. The molecule has 1 aliphatic rings. The Labute approximate surface area is 200 Å². The Morgan fingerprint density at radius 3 is 2.28 bits per heavy atom. The van der Waals surface area contributed by atoms with Gasteiger partial charge in [0.05, 0.1) is 21.5 Å². The molecule has 2 amide bonds. The second-order valence-electron chi connectivity index (χ2n) is 7.36. The van der Waals surface area contributed by atoms with E-state index >= 15 is 0 Å². The van der Waals surface area contributed by atoms with Gasteiger partial charge in [0.15, 0.2) is 0 Å². The zero-order valence-electron chi connectivity index (χ0n) is 17.2. The van der Waals surface area contributed by atoms with Crippen molar-refractivity contribution >= 4 is 52.2 Å². The van der Waals surface area contributed by atoms with Crippen molar-refractivity contribution in [1.82, 2.24) is 4.90 Å². The van der Waals surface area contributed by atoms with Gasteiger partial charge in [0.2, 0.25) is 0 Å². The fourth-order valence-electron chi connectivity index (χ4n) is 3.12. The zero-order valence-corrected chi connectivity index (χ0v) is 19.5. The van der Waals surface area contributed by atoms with E-state index < -0.39 is 0 Å². The summed E-state index contributed by atoms with van der Waals surface area (Å²) in [6.45, 7) is 2.62. The van der Waals surface area contributed by atoms with Crippen molar-refractivity contribution in [3.8, 4) is 5.75 Å². The molecular formula is C25H19Cl2NO3S. The fraction of sp³-hybridized carbons (Fsp3) is 0.120. The number of halogens is 2. The van der Waals surface area contributed by atoms with E-state index in [0.29, 0.717) is 27.3 Å². The summed E-state index contributed by atoms with van der Waals surface area (Å²) < 4.78 is 5.78. The van der Waals surface area contributed by atoms with Crippen molar-refractivity contribution in [1.29, 1.82) is 0 Å². The van der Waals surface area contributed by atoms with Crippen molar-refractivity contribution in [2.24, 2.45) is 0 Å². The van der Waals surface area contributed by atoms with Crippen molar-refractivity contribution < 1.29 is 14.3 Å². The van der Waals surface area contributed by atoms with Crippen LogP contribution in [-0.2, 0) is 17.9 Å². The van der Waals surface area contributed by atoms with Crippen LogP contribution in [-0.4, -0.2) is 16.0 Å². The monoisotopic (exact) mass is 483 g/mol. The number of carbonyl (C=O) groups is 2. The van der Waals surface area contributed by atoms with Gasteiger partial charge >= 0.3 is 0 Å². The van der Waals surface area contributed by atoms with Gasteiger partial charge in [-0.05, 0) is 65.7 Å². The van der Waals surface area contributed by atoms with Gasteiger partial charge < -0.3 is 4.74 Å². The van der Waals surface area contributed by atoms with Gasteiger partial charge in [0.1, 0.15) is 12.4 Å². The average Bonchev–Trinajstić information content (AvgIpc) is 3.04. The molecule has 0 bridgehead atoms. The highest BCUT2D eigenvalue weighted by atomic mass is 35.5. The number of hydrogen-bond acceptors (Lipinski definition) is 4. The molecule has 1 saturated heterocycles. The van der Waals surface area contributed by atoms with Crippen LogP contribution in [0.4, 0.5) is 4.79 Å². The standard InChI is InChI=1S/C25H19Cl2NO3S/c1-16-2-4-18(5-3-16)14-28-24(29)23(32-25(28)30)13-17-6-9-20(10-7-17)31-15-19-8-11-21(26)22(27)12-19/h2-13H,14-15H2,1H3/b23-13-. The summed E-state index contributed by atoms with van der Waals surface area (Å²) in [7, 11) is 0. The molecule has 4 nitrogen and oxygen atoms in total. The van der Waals surface area contributed by atoms with E-state index in [2.05, 4.69) is 0 Å². The summed E-state index contributed by atoms with van der Waals surface area (Å²) in [4.78, 5) is 26.8. The van der Waals surface area contributed by atoms with Crippen molar-refractivity contribution in [3.05, 3.63) is 104 Å². The van der Waals surface area contributed by atoms with E-state index in [-0.39, 0.29) is 17.7 Å². The molecule has 0 radical (unpaired) electrons. The molecule has 4 rings (SSSR count). The SMILES string of the molecule is Cc1ccc(CN2C(=O)S/C(=C\c3ccc(OCc4ccc(Cl)c(Cl)c4)cc3)C2=O)cc1. The lowest BCUT2D eigenvalue weighted by Crippen LogP contribution is -2.27. The van der Waals surface area contributed by atoms with Gasteiger partial charge in [-0.15, -0.1) is 0 Å².